The lowest BCUT2D eigenvalue weighted by atomic mass is 10.1. The third-order valence-electron chi connectivity index (χ3n) is 2.81. The van der Waals surface area contributed by atoms with E-state index in [1.165, 1.54) is 0 Å². The maximum Gasteiger partial charge on any atom is 0.387 e. The van der Waals surface area contributed by atoms with Gasteiger partial charge in [-0.05, 0) is 53.8 Å². The molecule has 1 unspecified atom stereocenters. The fraction of sp³-hybridized carbons (Fsp3) is 0.200. The number of hydrogen-bond acceptors (Lipinski definition) is 2. The van der Waals surface area contributed by atoms with Gasteiger partial charge in [-0.1, -0.05) is 24.3 Å². The van der Waals surface area contributed by atoms with Crippen LogP contribution in [0.25, 0.3) is 0 Å². The van der Waals surface area contributed by atoms with Crippen LogP contribution in [0.3, 0.4) is 0 Å². The van der Waals surface area contributed by atoms with E-state index in [0.717, 1.165) is 9.26 Å². The van der Waals surface area contributed by atoms with Gasteiger partial charge in [-0.3, -0.25) is 0 Å². The molecule has 0 aliphatic rings. The summed E-state index contributed by atoms with van der Waals surface area (Å²) in [5.74, 6) is 0.202. The Morgan fingerprint density at radius 2 is 1.85 bits per heavy atom. The van der Waals surface area contributed by atoms with E-state index in [2.05, 4.69) is 32.6 Å². The molecule has 2 aromatic carbocycles. The number of nitrogens with one attached hydrogen (secondary N) is 1. The molecular formula is C15H14F2INO. The van der Waals surface area contributed by atoms with Crippen molar-refractivity contribution < 1.29 is 13.5 Å². The lowest BCUT2D eigenvalue weighted by Gasteiger charge is -2.19. The summed E-state index contributed by atoms with van der Waals surface area (Å²) in [5.41, 5.74) is 1.64. The van der Waals surface area contributed by atoms with E-state index < -0.39 is 6.61 Å². The van der Waals surface area contributed by atoms with Crippen LogP contribution in [0.15, 0.2) is 48.5 Å². The molecule has 2 aromatic rings. The summed E-state index contributed by atoms with van der Waals surface area (Å²) in [6, 6.07) is 14.5. The number of ether oxygens (including phenoxy) is 1. The third kappa shape index (κ3) is 4.06. The second-order valence-corrected chi connectivity index (χ2v) is 5.54. The van der Waals surface area contributed by atoms with Gasteiger partial charge in [0.25, 0.3) is 0 Å². The summed E-state index contributed by atoms with van der Waals surface area (Å²) in [5, 5.41) is 3.28. The number of anilines is 1. The maximum atomic E-state index is 12.4. The Morgan fingerprint density at radius 1 is 1.10 bits per heavy atom. The average molecular weight is 389 g/mol. The molecule has 5 heteroatoms. The Bertz CT molecular complexity index is 577. The largest absolute Gasteiger partial charge is 0.434 e. The van der Waals surface area contributed by atoms with Crippen LogP contribution in [0.4, 0.5) is 14.5 Å². The van der Waals surface area contributed by atoms with E-state index in [1.807, 2.05) is 31.2 Å². The van der Waals surface area contributed by atoms with Crippen molar-refractivity contribution in [3.05, 3.63) is 57.7 Å². The van der Waals surface area contributed by atoms with Crippen LogP contribution < -0.4 is 10.1 Å². The summed E-state index contributed by atoms with van der Waals surface area (Å²) < 4.78 is 30.5. The molecule has 0 heterocycles. The van der Waals surface area contributed by atoms with Crippen molar-refractivity contribution in [1.82, 2.24) is 0 Å². The summed E-state index contributed by atoms with van der Waals surface area (Å²) in [6.07, 6.45) is 0. The lowest BCUT2D eigenvalue weighted by Crippen LogP contribution is -2.11. The smallest absolute Gasteiger partial charge is 0.387 e. The third-order valence-corrected chi connectivity index (χ3v) is 3.48. The van der Waals surface area contributed by atoms with Crippen molar-refractivity contribution in [1.29, 1.82) is 0 Å². The molecule has 0 aromatic heterocycles. The van der Waals surface area contributed by atoms with Crippen molar-refractivity contribution in [2.45, 2.75) is 19.6 Å². The van der Waals surface area contributed by atoms with Crippen LogP contribution in [0.1, 0.15) is 18.5 Å². The van der Waals surface area contributed by atoms with Crippen LogP contribution in [-0.4, -0.2) is 6.61 Å². The van der Waals surface area contributed by atoms with Crippen LogP contribution in [0, 0.1) is 3.57 Å². The minimum absolute atomic E-state index is 0.136. The highest BCUT2D eigenvalue weighted by Crippen LogP contribution is 2.29. The molecule has 0 saturated carbocycles. The average Bonchev–Trinajstić information content (AvgIpc) is 2.38. The zero-order valence-electron chi connectivity index (χ0n) is 10.8. The Morgan fingerprint density at radius 3 is 2.55 bits per heavy atom. The van der Waals surface area contributed by atoms with Crippen molar-refractivity contribution in [2.24, 2.45) is 0 Å². The number of benzene rings is 2. The topological polar surface area (TPSA) is 21.3 Å². The normalized spacial score (nSPS) is 12.2. The second kappa shape index (κ2) is 6.88. The lowest BCUT2D eigenvalue weighted by molar-refractivity contribution is -0.0505. The van der Waals surface area contributed by atoms with Crippen LogP contribution >= 0.6 is 22.6 Å². The van der Waals surface area contributed by atoms with Crippen molar-refractivity contribution in [2.75, 3.05) is 5.32 Å². The summed E-state index contributed by atoms with van der Waals surface area (Å²) in [4.78, 5) is 0. The van der Waals surface area contributed by atoms with Gasteiger partial charge in [-0.2, -0.15) is 8.78 Å². The van der Waals surface area contributed by atoms with Gasteiger partial charge in [0.2, 0.25) is 0 Å². The van der Waals surface area contributed by atoms with Gasteiger partial charge in [0.15, 0.2) is 0 Å². The van der Waals surface area contributed by atoms with E-state index in [0.29, 0.717) is 5.56 Å². The molecule has 2 nitrogen and oxygen atoms in total. The quantitative estimate of drug-likeness (QED) is 0.722. The number of para-hydroxylation sites is 1. The first-order valence-electron chi connectivity index (χ1n) is 6.12. The molecule has 0 fully saturated rings. The number of halogens is 3. The minimum atomic E-state index is -2.82. The van der Waals surface area contributed by atoms with Gasteiger partial charge in [-0.25, -0.2) is 0 Å². The van der Waals surface area contributed by atoms with Crippen molar-refractivity contribution >= 4 is 28.3 Å². The fourth-order valence-corrected chi connectivity index (χ4v) is 2.49. The summed E-state index contributed by atoms with van der Waals surface area (Å²) in [7, 11) is 0. The molecule has 0 aliphatic heterocycles. The van der Waals surface area contributed by atoms with E-state index in [9.17, 15) is 8.78 Å². The molecular weight excluding hydrogens is 375 g/mol. The summed E-state index contributed by atoms with van der Waals surface area (Å²) in [6.45, 7) is -0.908. The molecule has 0 amide bonds. The van der Waals surface area contributed by atoms with Gasteiger partial charge in [-0.15, -0.1) is 0 Å². The van der Waals surface area contributed by atoms with E-state index >= 15 is 0 Å². The predicted octanol–water partition coefficient (Wildman–Crippen LogP) is 5.07. The van der Waals surface area contributed by atoms with Gasteiger partial charge < -0.3 is 10.1 Å². The van der Waals surface area contributed by atoms with Crippen molar-refractivity contribution in [3.63, 3.8) is 0 Å². The van der Waals surface area contributed by atoms with Crippen LogP contribution in [0.2, 0.25) is 0 Å². The number of alkyl halides is 2. The molecule has 0 aliphatic carbocycles. The predicted molar refractivity (Wildman–Crippen MR) is 84.3 cm³/mol. The molecule has 1 atom stereocenters. The number of rotatable bonds is 5. The fourth-order valence-electron chi connectivity index (χ4n) is 1.95. The first-order chi connectivity index (χ1) is 9.56. The maximum absolute atomic E-state index is 12.4. The first-order valence-corrected chi connectivity index (χ1v) is 7.20. The molecule has 2 rings (SSSR count). The molecule has 0 bridgehead atoms. The van der Waals surface area contributed by atoms with E-state index in [1.54, 1.807) is 24.3 Å². The Balaban J connectivity index is 2.18. The highest BCUT2D eigenvalue weighted by atomic mass is 127. The SMILES string of the molecule is CC(Nc1cccc(I)c1)c1ccccc1OC(F)F. The minimum Gasteiger partial charge on any atom is -0.434 e. The monoisotopic (exact) mass is 389 g/mol. The molecule has 0 saturated heterocycles. The second-order valence-electron chi connectivity index (χ2n) is 4.29. The number of hydrogen-bond donors (Lipinski definition) is 1. The molecule has 106 valence electrons. The van der Waals surface area contributed by atoms with Crippen molar-refractivity contribution in [3.8, 4) is 5.75 Å². The Labute approximate surface area is 130 Å². The standard InChI is InChI=1S/C15H14F2INO/c1-10(19-12-6-4-5-11(18)9-12)13-7-2-3-8-14(13)20-15(16)17/h2-10,15,19H,1H3. The highest BCUT2D eigenvalue weighted by molar-refractivity contribution is 14.1. The Hall–Kier alpha value is -1.37. The molecule has 0 radical (unpaired) electrons. The van der Waals surface area contributed by atoms with Gasteiger partial charge in [0, 0.05) is 14.8 Å². The van der Waals surface area contributed by atoms with E-state index in [-0.39, 0.29) is 11.8 Å². The molecule has 0 spiro atoms. The first kappa shape index (κ1) is 15.0. The zero-order valence-corrected chi connectivity index (χ0v) is 13.0. The van der Waals surface area contributed by atoms with Gasteiger partial charge in [0.05, 0.1) is 6.04 Å². The Kier molecular flexibility index (Phi) is 5.17. The van der Waals surface area contributed by atoms with E-state index in [4.69, 9.17) is 0 Å². The molecule has 20 heavy (non-hydrogen) atoms. The highest BCUT2D eigenvalue weighted by Gasteiger charge is 2.14. The van der Waals surface area contributed by atoms with Gasteiger partial charge in [0.1, 0.15) is 5.75 Å². The molecule has 1 N–H and O–H groups in total. The van der Waals surface area contributed by atoms with Gasteiger partial charge >= 0.3 is 6.61 Å². The zero-order chi connectivity index (χ0) is 14.5. The van der Waals surface area contributed by atoms with Crippen LogP contribution in [0.5, 0.6) is 5.75 Å². The van der Waals surface area contributed by atoms with Crippen LogP contribution in [-0.2, 0) is 0 Å². The summed E-state index contributed by atoms with van der Waals surface area (Å²) >= 11 is 2.23.